The summed E-state index contributed by atoms with van der Waals surface area (Å²) in [5.74, 6) is 0. The SMILES string of the molecule is CC1=CC(C)(C)N(C)c2cc(Cl)c([C@@H]3[C@H](c4ccccn4)NC(=S)N3c3cc(C)cc(C)c3)cc21. The lowest BCUT2D eigenvalue weighted by Gasteiger charge is -2.41. The summed E-state index contributed by atoms with van der Waals surface area (Å²) in [7, 11) is 2.13. The molecular formula is C29H31ClN4S. The molecule has 180 valence electrons. The van der Waals surface area contributed by atoms with E-state index in [2.05, 4.69) is 98.2 Å². The van der Waals surface area contributed by atoms with Crippen LogP contribution in [-0.4, -0.2) is 22.7 Å². The Hall–Kier alpha value is -2.89. The number of likely N-dealkylation sites (N-methyl/N-ethyl adjacent to an activating group) is 1. The normalized spacial score (nSPS) is 21.0. The number of hydrogen-bond donors (Lipinski definition) is 1. The van der Waals surface area contributed by atoms with Gasteiger partial charge in [0.2, 0.25) is 0 Å². The summed E-state index contributed by atoms with van der Waals surface area (Å²) in [5.41, 5.74) is 8.93. The van der Waals surface area contributed by atoms with Crippen molar-refractivity contribution in [2.24, 2.45) is 0 Å². The first-order valence-corrected chi connectivity index (χ1v) is 12.7. The molecule has 2 aliphatic heterocycles. The van der Waals surface area contributed by atoms with Crippen molar-refractivity contribution in [1.29, 1.82) is 0 Å². The number of aryl methyl sites for hydroxylation is 2. The fraction of sp³-hybridized carbons (Fsp3) is 0.310. The summed E-state index contributed by atoms with van der Waals surface area (Å²) in [6, 6.07) is 16.6. The van der Waals surface area contributed by atoms with Crippen molar-refractivity contribution in [3.63, 3.8) is 0 Å². The fourth-order valence-electron chi connectivity index (χ4n) is 5.45. The van der Waals surface area contributed by atoms with Crippen LogP contribution < -0.4 is 15.1 Å². The van der Waals surface area contributed by atoms with Crippen LogP contribution >= 0.6 is 23.8 Å². The zero-order chi connectivity index (χ0) is 25.1. The smallest absolute Gasteiger partial charge is 0.174 e. The molecule has 4 nitrogen and oxygen atoms in total. The number of thiocarbonyl (C=S) groups is 1. The summed E-state index contributed by atoms with van der Waals surface area (Å²) in [6.45, 7) is 10.9. The number of halogens is 1. The topological polar surface area (TPSA) is 31.4 Å². The van der Waals surface area contributed by atoms with Gasteiger partial charge in [0, 0.05) is 35.2 Å². The van der Waals surface area contributed by atoms with Gasteiger partial charge in [-0.1, -0.05) is 29.8 Å². The van der Waals surface area contributed by atoms with Gasteiger partial charge in [0.15, 0.2) is 5.11 Å². The molecule has 6 heteroatoms. The van der Waals surface area contributed by atoms with Gasteiger partial charge in [-0.3, -0.25) is 4.98 Å². The average molecular weight is 503 g/mol. The summed E-state index contributed by atoms with van der Waals surface area (Å²) in [4.78, 5) is 9.18. The number of hydrogen-bond acceptors (Lipinski definition) is 3. The molecule has 1 N–H and O–H groups in total. The molecule has 5 rings (SSSR count). The maximum absolute atomic E-state index is 7.10. The Morgan fingerprint density at radius 2 is 1.74 bits per heavy atom. The van der Waals surface area contributed by atoms with Crippen molar-refractivity contribution in [3.05, 3.63) is 93.8 Å². The Kier molecular flexibility index (Phi) is 5.89. The molecule has 3 aromatic rings. The van der Waals surface area contributed by atoms with E-state index in [-0.39, 0.29) is 17.6 Å². The molecule has 2 atom stereocenters. The van der Waals surface area contributed by atoms with E-state index >= 15 is 0 Å². The molecule has 1 saturated heterocycles. The summed E-state index contributed by atoms with van der Waals surface area (Å²) in [6.07, 6.45) is 4.15. The molecule has 0 aliphatic carbocycles. The number of aromatic nitrogens is 1. The quantitative estimate of drug-likeness (QED) is 0.384. The van der Waals surface area contributed by atoms with Crippen LogP contribution in [0.15, 0.2) is 60.8 Å². The van der Waals surface area contributed by atoms with E-state index in [4.69, 9.17) is 23.8 Å². The lowest BCUT2D eigenvalue weighted by atomic mass is 9.86. The first kappa shape index (κ1) is 23.8. The molecule has 35 heavy (non-hydrogen) atoms. The van der Waals surface area contributed by atoms with Gasteiger partial charge in [-0.05, 0) is 105 Å². The van der Waals surface area contributed by atoms with Gasteiger partial charge in [-0.2, -0.15) is 0 Å². The number of fused-ring (bicyclic) bond motifs is 1. The minimum absolute atomic E-state index is 0.0833. The maximum atomic E-state index is 7.10. The van der Waals surface area contributed by atoms with E-state index in [0.717, 1.165) is 27.7 Å². The number of anilines is 2. The van der Waals surface area contributed by atoms with E-state index in [1.54, 1.807) is 0 Å². The molecular weight excluding hydrogens is 472 g/mol. The Bertz CT molecular complexity index is 1330. The van der Waals surface area contributed by atoms with Gasteiger partial charge in [-0.25, -0.2) is 0 Å². The highest BCUT2D eigenvalue weighted by atomic mass is 35.5. The van der Waals surface area contributed by atoms with Crippen molar-refractivity contribution < 1.29 is 0 Å². The van der Waals surface area contributed by atoms with Gasteiger partial charge in [-0.15, -0.1) is 0 Å². The molecule has 1 fully saturated rings. The lowest BCUT2D eigenvalue weighted by Crippen LogP contribution is -2.42. The minimum Gasteiger partial charge on any atom is -0.365 e. The molecule has 0 radical (unpaired) electrons. The minimum atomic E-state index is -0.149. The van der Waals surface area contributed by atoms with E-state index in [9.17, 15) is 0 Å². The summed E-state index contributed by atoms with van der Waals surface area (Å²) < 4.78 is 0. The van der Waals surface area contributed by atoms with Crippen molar-refractivity contribution in [2.45, 2.75) is 52.2 Å². The second-order valence-corrected chi connectivity index (χ2v) is 11.1. The third kappa shape index (κ3) is 4.11. The molecule has 2 aromatic carbocycles. The van der Waals surface area contributed by atoms with Gasteiger partial charge in [0.05, 0.1) is 23.3 Å². The van der Waals surface area contributed by atoms with E-state index < -0.39 is 0 Å². The van der Waals surface area contributed by atoms with Crippen LogP contribution in [0.5, 0.6) is 0 Å². The average Bonchev–Trinajstić information content (AvgIpc) is 3.14. The van der Waals surface area contributed by atoms with Crippen LogP contribution in [0.4, 0.5) is 11.4 Å². The van der Waals surface area contributed by atoms with E-state index in [1.807, 2.05) is 24.4 Å². The second kappa shape index (κ2) is 8.65. The first-order chi connectivity index (χ1) is 16.6. The summed E-state index contributed by atoms with van der Waals surface area (Å²) >= 11 is 13.0. The van der Waals surface area contributed by atoms with Gasteiger partial charge in [0.25, 0.3) is 0 Å². The molecule has 1 aromatic heterocycles. The molecule has 2 aliphatic rings. The van der Waals surface area contributed by atoms with Crippen LogP contribution in [0.2, 0.25) is 5.02 Å². The molecule has 0 unspecified atom stereocenters. The molecule has 0 amide bonds. The highest BCUT2D eigenvalue weighted by Crippen LogP contribution is 2.48. The van der Waals surface area contributed by atoms with Gasteiger partial charge in [0.1, 0.15) is 0 Å². The predicted molar refractivity (Wildman–Crippen MR) is 151 cm³/mol. The third-order valence-corrected chi connectivity index (χ3v) is 7.88. The predicted octanol–water partition coefficient (Wildman–Crippen LogP) is 7.16. The van der Waals surface area contributed by atoms with Crippen LogP contribution in [0, 0.1) is 13.8 Å². The number of rotatable bonds is 3. The van der Waals surface area contributed by atoms with E-state index in [1.165, 1.54) is 22.3 Å². The Morgan fingerprint density at radius 1 is 1.03 bits per heavy atom. The standard InChI is InChI=1S/C29H31ClN4S/c1-17-11-18(2)13-20(12-17)34-27(26(32-28(34)35)24-9-7-8-10-31-24)22-14-21-19(3)16-29(4,5)33(6)25(21)15-23(22)30/h7-16,26-27H,1-6H3,(H,32,35)/t26-,27+/m0/s1. The van der Waals surface area contributed by atoms with Crippen LogP contribution in [0.25, 0.3) is 5.57 Å². The fourth-order valence-corrected chi connectivity index (χ4v) is 6.07. The number of benzene rings is 2. The zero-order valence-electron chi connectivity index (χ0n) is 21.1. The largest absolute Gasteiger partial charge is 0.365 e. The first-order valence-electron chi connectivity index (χ1n) is 11.9. The van der Waals surface area contributed by atoms with Crippen LogP contribution in [0.1, 0.15) is 60.8 Å². The third-order valence-electron chi connectivity index (χ3n) is 7.24. The van der Waals surface area contributed by atoms with Crippen LogP contribution in [0.3, 0.4) is 0 Å². The zero-order valence-corrected chi connectivity index (χ0v) is 22.6. The monoisotopic (exact) mass is 502 g/mol. The number of nitrogens with one attached hydrogen (secondary N) is 1. The Labute approximate surface area is 218 Å². The molecule has 0 bridgehead atoms. The van der Waals surface area contributed by atoms with Gasteiger partial charge >= 0.3 is 0 Å². The second-order valence-electron chi connectivity index (χ2n) is 10.3. The van der Waals surface area contributed by atoms with Crippen molar-refractivity contribution in [1.82, 2.24) is 10.3 Å². The molecule has 0 spiro atoms. The maximum Gasteiger partial charge on any atom is 0.174 e. The Morgan fingerprint density at radius 3 is 2.40 bits per heavy atom. The number of nitrogens with zero attached hydrogens (tertiary/aromatic N) is 3. The van der Waals surface area contributed by atoms with Crippen molar-refractivity contribution in [2.75, 3.05) is 16.8 Å². The van der Waals surface area contributed by atoms with Crippen molar-refractivity contribution in [3.8, 4) is 0 Å². The van der Waals surface area contributed by atoms with Crippen molar-refractivity contribution >= 4 is 45.9 Å². The highest BCUT2D eigenvalue weighted by molar-refractivity contribution is 7.80. The number of pyridine rings is 1. The number of allylic oxidation sites excluding steroid dienone is 1. The van der Waals surface area contributed by atoms with Crippen LogP contribution in [-0.2, 0) is 0 Å². The summed E-state index contributed by atoms with van der Waals surface area (Å²) in [5, 5.41) is 4.96. The molecule has 0 saturated carbocycles. The van der Waals surface area contributed by atoms with E-state index in [0.29, 0.717) is 5.11 Å². The highest BCUT2D eigenvalue weighted by Gasteiger charge is 2.42. The molecule has 3 heterocycles. The Balaban J connectivity index is 1.72. The van der Waals surface area contributed by atoms with Gasteiger partial charge < -0.3 is 15.1 Å². The lowest BCUT2D eigenvalue weighted by molar-refractivity contribution is 0.566.